The van der Waals surface area contributed by atoms with Crippen LogP contribution in [-0.2, 0) is 4.74 Å². The van der Waals surface area contributed by atoms with Gasteiger partial charge in [-0.25, -0.2) is 0 Å². The third kappa shape index (κ3) is 16.4. The fourth-order valence-corrected chi connectivity index (χ4v) is 1.31. The van der Waals surface area contributed by atoms with Crippen LogP contribution in [0.25, 0.3) is 0 Å². The van der Waals surface area contributed by atoms with Gasteiger partial charge in [-0.15, -0.1) is 0 Å². The van der Waals surface area contributed by atoms with E-state index in [4.69, 9.17) is 4.74 Å². The van der Waals surface area contributed by atoms with E-state index in [0.29, 0.717) is 6.04 Å². The lowest BCUT2D eigenvalue weighted by Gasteiger charge is -2.16. The van der Waals surface area contributed by atoms with Crippen molar-refractivity contribution >= 4 is 7.25 Å². The molecule has 3 N–H and O–H groups in total. The molecule has 0 fully saturated rings. The number of quaternary nitrogens is 1. The lowest BCUT2D eigenvalue weighted by Crippen LogP contribution is -2.66. The minimum absolute atomic E-state index is 0.472. The number of rotatable bonds is 5. The molecule has 0 aromatic rings. The maximum atomic E-state index is 9.75. The molecule has 0 aliphatic heterocycles. The Morgan fingerprint density at radius 3 is 1.67 bits per heavy atom. The fourth-order valence-electron chi connectivity index (χ4n) is 1.31. The Balaban J connectivity index is 0. The lowest BCUT2D eigenvalue weighted by molar-refractivity contribution is -0.439. The first-order valence-electron chi connectivity index (χ1n) is 4.95. The predicted octanol–water partition coefficient (Wildman–Crippen LogP) is 1.98. The molecule has 1 unspecified atom stereocenters. The Morgan fingerprint density at radius 2 is 1.47 bits per heavy atom. The molecule has 0 saturated heterocycles. The van der Waals surface area contributed by atoms with Crippen molar-refractivity contribution in [1.82, 2.24) is 0 Å². The second-order valence-corrected chi connectivity index (χ2v) is 3.29. The maximum Gasteiger partial charge on any atom is 0.673 e. The highest BCUT2D eigenvalue weighted by molar-refractivity contribution is 6.50. The van der Waals surface area contributed by atoms with Crippen molar-refractivity contribution in [3.63, 3.8) is 0 Å². The minimum atomic E-state index is -6.00. The molecule has 0 aliphatic carbocycles. The van der Waals surface area contributed by atoms with Crippen LogP contribution in [0.5, 0.6) is 0 Å². The van der Waals surface area contributed by atoms with Gasteiger partial charge in [0.25, 0.3) is 0 Å². The van der Waals surface area contributed by atoms with E-state index in [0.717, 1.165) is 12.5 Å². The first-order chi connectivity index (χ1) is 6.76. The number of methoxy groups -OCH3 is 1. The zero-order valence-electron chi connectivity index (χ0n) is 9.48. The van der Waals surface area contributed by atoms with Crippen molar-refractivity contribution in [2.75, 3.05) is 13.7 Å². The molecule has 1 atom stereocenters. The molecule has 7 heteroatoms. The summed E-state index contributed by atoms with van der Waals surface area (Å²) < 4.78 is 44.0. The average Bonchev–Trinajstić information content (AvgIpc) is 2.03. The van der Waals surface area contributed by atoms with Crippen molar-refractivity contribution in [1.29, 1.82) is 0 Å². The highest BCUT2D eigenvalue weighted by atomic mass is 19.5. The van der Waals surface area contributed by atoms with Crippen LogP contribution in [0.1, 0.15) is 26.7 Å². The van der Waals surface area contributed by atoms with Gasteiger partial charge in [0.05, 0.1) is 6.61 Å². The molecular weight excluding hydrogens is 213 g/mol. The quantitative estimate of drug-likeness (QED) is 0.572. The summed E-state index contributed by atoms with van der Waals surface area (Å²) in [6, 6.07) is 0.472. The Hall–Kier alpha value is -0.295. The number of halogens is 4. The predicted molar refractivity (Wildman–Crippen MR) is 52.8 cm³/mol. The zero-order valence-corrected chi connectivity index (χ0v) is 9.48. The highest BCUT2D eigenvalue weighted by Crippen LogP contribution is 2.09. The topological polar surface area (TPSA) is 36.9 Å². The second-order valence-electron chi connectivity index (χ2n) is 3.29. The molecule has 0 spiro atoms. The van der Waals surface area contributed by atoms with Crippen LogP contribution in [0.4, 0.5) is 17.3 Å². The van der Waals surface area contributed by atoms with Gasteiger partial charge in [0.15, 0.2) is 0 Å². The standard InChI is InChI=1S/C8H19NO.BF4/c1-4-7(5-2)8(9)6-10-3;2-1(3,4)5/h7-8H,4-6,9H2,1-3H3;/q;-1/p+1. The van der Waals surface area contributed by atoms with E-state index in [9.17, 15) is 17.3 Å². The fraction of sp³-hybridized carbons (Fsp3) is 1.00. The summed E-state index contributed by atoms with van der Waals surface area (Å²) in [6.07, 6.45) is 2.43. The molecule has 0 bridgehead atoms. The van der Waals surface area contributed by atoms with Gasteiger partial charge < -0.3 is 27.7 Å². The summed E-state index contributed by atoms with van der Waals surface area (Å²) in [5.41, 5.74) is 4.04. The van der Waals surface area contributed by atoms with Crippen LogP contribution in [0.15, 0.2) is 0 Å². The molecule has 0 rings (SSSR count). The van der Waals surface area contributed by atoms with E-state index >= 15 is 0 Å². The summed E-state index contributed by atoms with van der Waals surface area (Å²) in [4.78, 5) is 0. The van der Waals surface area contributed by atoms with Crippen LogP contribution in [0.2, 0.25) is 0 Å². The van der Waals surface area contributed by atoms with Crippen LogP contribution < -0.4 is 5.73 Å². The maximum absolute atomic E-state index is 9.75. The van der Waals surface area contributed by atoms with Gasteiger partial charge in [0.2, 0.25) is 0 Å². The molecule has 2 nitrogen and oxygen atoms in total. The smallest absolute Gasteiger partial charge is 0.418 e. The van der Waals surface area contributed by atoms with E-state index in [1.807, 2.05) is 0 Å². The minimum Gasteiger partial charge on any atom is -0.418 e. The molecule has 0 heterocycles. The number of hydrogen-bond acceptors (Lipinski definition) is 1. The van der Waals surface area contributed by atoms with Crippen molar-refractivity contribution in [3.8, 4) is 0 Å². The van der Waals surface area contributed by atoms with E-state index in [-0.39, 0.29) is 0 Å². The van der Waals surface area contributed by atoms with Gasteiger partial charge >= 0.3 is 7.25 Å². The van der Waals surface area contributed by atoms with Gasteiger partial charge in [-0.2, -0.15) is 0 Å². The molecule has 0 aromatic heterocycles. The lowest BCUT2D eigenvalue weighted by atomic mass is 9.96. The van der Waals surface area contributed by atoms with Crippen molar-refractivity contribution < 1.29 is 27.7 Å². The van der Waals surface area contributed by atoms with Gasteiger partial charge in [-0.05, 0) is 12.8 Å². The van der Waals surface area contributed by atoms with Crippen LogP contribution in [0, 0.1) is 5.92 Å². The molecule has 0 saturated carbocycles. The normalized spacial score (nSPS) is 13.4. The molecular formula is C8H20BF4NO. The summed E-state index contributed by atoms with van der Waals surface area (Å²) in [5.74, 6) is 0.736. The Kier molecular flexibility index (Phi) is 10.2. The van der Waals surface area contributed by atoms with Crippen molar-refractivity contribution in [2.24, 2.45) is 5.92 Å². The monoisotopic (exact) mass is 233 g/mol. The third-order valence-corrected chi connectivity index (χ3v) is 2.10. The molecule has 0 radical (unpaired) electrons. The van der Waals surface area contributed by atoms with Crippen LogP contribution >= 0.6 is 0 Å². The van der Waals surface area contributed by atoms with Gasteiger partial charge in [-0.3, -0.25) is 0 Å². The Bertz CT molecular complexity index is 135. The van der Waals surface area contributed by atoms with Crippen molar-refractivity contribution in [3.05, 3.63) is 0 Å². The Morgan fingerprint density at radius 1 is 1.13 bits per heavy atom. The summed E-state index contributed by atoms with van der Waals surface area (Å²) in [6.45, 7) is 5.22. The van der Waals surface area contributed by atoms with Gasteiger partial charge in [0, 0.05) is 13.0 Å². The largest absolute Gasteiger partial charge is 0.673 e. The van der Waals surface area contributed by atoms with Gasteiger partial charge in [-0.1, -0.05) is 13.8 Å². The summed E-state index contributed by atoms with van der Waals surface area (Å²) in [7, 11) is -4.26. The first kappa shape index (κ1) is 17.1. The van der Waals surface area contributed by atoms with Crippen LogP contribution in [-0.4, -0.2) is 27.0 Å². The molecule has 94 valence electrons. The van der Waals surface area contributed by atoms with E-state index < -0.39 is 7.25 Å². The van der Waals surface area contributed by atoms with E-state index in [2.05, 4.69) is 19.6 Å². The average molecular weight is 233 g/mol. The summed E-state index contributed by atoms with van der Waals surface area (Å²) >= 11 is 0. The van der Waals surface area contributed by atoms with E-state index in [1.165, 1.54) is 12.8 Å². The molecule has 15 heavy (non-hydrogen) atoms. The van der Waals surface area contributed by atoms with E-state index in [1.54, 1.807) is 7.11 Å². The molecule has 0 aliphatic rings. The summed E-state index contributed by atoms with van der Waals surface area (Å²) in [5, 5.41) is 0. The number of ether oxygens (including phenoxy) is 1. The second kappa shape index (κ2) is 8.97. The van der Waals surface area contributed by atoms with Crippen molar-refractivity contribution in [2.45, 2.75) is 32.7 Å². The van der Waals surface area contributed by atoms with Gasteiger partial charge in [0.1, 0.15) is 6.04 Å². The van der Waals surface area contributed by atoms with Crippen LogP contribution in [0.3, 0.4) is 0 Å². The third-order valence-electron chi connectivity index (χ3n) is 2.10. The number of hydrogen-bond donors (Lipinski definition) is 1. The molecule has 0 amide bonds. The SMILES string of the molecule is CCC(CC)C([NH3+])COC.F[B-](F)(F)F. The first-order valence-corrected chi connectivity index (χ1v) is 4.95. The zero-order chi connectivity index (χ0) is 12.5. The molecule has 0 aromatic carbocycles. The highest BCUT2D eigenvalue weighted by Gasteiger charge is 2.20. The Labute approximate surface area is 88.3 Å².